The van der Waals surface area contributed by atoms with Crippen molar-refractivity contribution in [3.63, 3.8) is 0 Å². The third-order valence-electron chi connectivity index (χ3n) is 4.50. The average Bonchev–Trinajstić information content (AvgIpc) is 3.08. The zero-order chi connectivity index (χ0) is 17.5. The van der Waals surface area contributed by atoms with Gasteiger partial charge >= 0.3 is 0 Å². The summed E-state index contributed by atoms with van der Waals surface area (Å²) in [4.78, 5) is 12.1. The summed E-state index contributed by atoms with van der Waals surface area (Å²) in [5.41, 5.74) is 1.87. The fourth-order valence-electron chi connectivity index (χ4n) is 3.00. The van der Waals surface area contributed by atoms with Crippen molar-refractivity contribution in [3.8, 4) is 5.75 Å². The van der Waals surface area contributed by atoms with Crippen molar-refractivity contribution < 1.29 is 14.3 Å². The Hall–Kier alpha value is -2.34. The van der Waals surface area contributed by atoms with E-state index in [1.165, 1.54) is 0 Å². The largest absolute Gasteiger partial charge is 0.497 e. The van der Waals surface area contributed by atoms with Crippen molar-refractivity contribution in [1.82, 2.24) is 9.78 Å². The summed E-state index contributed by atoms with van der Waals surface area (Å²) >= 11 is 0. The summed E-state index contributed by atoms with van der Waals surface area (Å²) in [6.45, 7) is 2.55. The van der Waals surface area contributed by atoms with Crippen LogP contribution < -0.4 is 10.1 Å². The lowest BCUT2D eigenvalue weighted by Crippen LogP contribution is -2.20. The minimum absolute atomic E-state index is 0.00133. The smallest absolute Gasteiger partial charge is 0.224 e. The van der Waals surface area contributed by atoms with Crippen LogP contribution in [-0.4, -0.2) is 36.0 Å². The first-order valence-corrected chi connectivity index (χ1v) is 8.76. The molecule has 0 radical (unpaired) electrons. The minimum atomic E-state index is 0.00133. The van der Waals surface area contributed by atoms with Gasteiger partial charge in [-0.15, -0.1) is 0 Å². The lowest BCUT2D eigenvalue weighted by atomic mass is 10.0. The van der Waals surface area contributed by atoms with Gasteiger partial charge in [0.2, 0.25) is 5.91 Å². The van der Waals surface area contributed by atoms with Crippen LogP contribution in [0.1, 0.15) is 24.8 Å². The fraction of sp³-hybridized carbons (Fsp3) is 0.474. The molecule has 0 unspecified atom stereocenters. The van der Waals surface area contributed by atoms with E-state index in [1.807, 2.05) is 35.1 Å². The van der Waals surface area contributed by atoms with Crippen LogP contribution in [0.25, 0.3) is 0 Å². The van der Waals surface area contributed by atoms with Crippen LogP contribution in [0.4, 0.5) is 5.69 Å². The molecule has 1 saturated heterocycles. The maximum atomic E-state index is 12.1. The number of benzene rings is 1. The fourth-order valence-corrected chi connectivity index (χ4v) is 3.00. The summed E-state index contributed by atoms with van der Waals surface area (Å²) in [6, 6.07) is 7.79. The van der Waals surface area contributed by atoms with Gasteiger partial charge in [-0.3, -0.25) is 9.48 Å². The summed E-state index contributed by atoms with van der Waals surface area (Å²) < 4.78 is 12.4. The van der Waals surface area contributed by atoms with Crippen molar-refractivity contribution in [3.05, 3.63) is 42.2 Å². The maximum Gasteiger partial charge on any atom is 0.224 e. The molecular weight excluding hydrogens is 318 g/mol. The van der Waals surface area contributed by atoms with Crippen LogP contribution in [0.2, 0.25) is 0 Å². The highest BCUT2D eigenvalue weighted by Gasteiger charge is 2.15. The molecule has 0 spiro atoms. The van der Waals surface area contributed by atoms with E-state index in [9.17, 15) is 4.79 Å². The van der Waals surface area contributed by atoms with Crippen LogP contribution in [0.5, 0.6) is 5.75 Å². The number of carbonyl (C=O) groups excluding carboxylic acids is 1. The molecule has 25 heavy (non-hydrogen) atoms. The predicted octanol–water partition coefficient (Wildman–Crippen LogP) is 2.89. The second-order valence-electron chi connectivity index (χ2n) is 6.40. The van der Waals surface area contributed by atoms with Gasteiger partial charge in [0, 0.05) is 32.4 Å². The normalized spacial score (nSPS) is 15.1. The highest BCUT2D eigenvalue weighted by Crippen LogP contribution is 2.18. The van der Waals surface area contributed by atoms with Crippen LogP contribution in [0, 0.1) is 5.92 Å². The van der Waals surface area contributed by atoms with E-state index < -0.39 is 0 Å². The Bertz CT molecular complexity index is 675. The Kier molecular flexibility index (Phi) is 6.06. The summed E-state index contributed by atoms with van der Waals surface area (Å²) in [6.07, 6.45) is 6.90. The molecule has 2 heterocycles. The van der Waals surface area contributed by atoms with E-state index in [-0.39, 0.29) is 5.91 Å². The standard InChI is InChI=1S/C19H25N3O3/c1-24-18-5-2-15(3-6-18)4-7-19(23)21-17-12-20-22(14-17)13-16-8-10-25-11-9-16/h2-3,5-6,12,14,16H,4,7-11,13H2,1H3,(H,21,23). The molecular formula is C19H25N3O3. The molecule has 0 saturated carbocycles. The zero-order valence-corrected chi connectivity index (χ0v) is 14.6. The van der Waals surface area contributed by atoms with Gasteiger partial charge < -0.3 is 14.8 Å². The summed E-state index contributed by atoms with van der Waals surface area (Å²) in [5, 5.41) is 7.27. The van der Waals surface area contributed by atoms with Gasteiger partial charge in [-0.2, -0.15) is 5.10 Å². The molecule has 134 valence electrons. The van der Waals surface area contributed by atoms with Crippen LogP contribution in [0.15, 0.2) is 36.7 Å². The number of hydrogen-bond donors (Lipinski definition) is 1. The Morgan fingerprint density at radius 1 is 1.32 bits per heavy atom. The quantitative estimate of drug-likeness (QED) is 0.839. The van der Waals surface area contributed by atoms with E-state index in [1.54, 1.807) is 13.3 Å². The first-order chi connectivity index (χ1) is 12.2. The van der Waals surface area contributed by atoms with Gasteiger partial charge in [-0.1, -0.05) is 12.1 Å². The number of amides is 1. The number of aromatic nitrogens is 2. The molecule has 1 fully saturated rings. The first-order valence-electron chi connectivity index (χ1n) is 8.76. The number of hydrogen-bond acceptors (Lipinski definition) is 4. The molecule has 6 nitrogen and oxygen atoms in total. The number of ether oxygens (including phenoxy) is 2. The first kappa shape index (κ1) is 17.5. The molecule has 1 aliphatic rings. The number of anilines is 1. The molecule has 0 bridgehead atoms. The Labute approximate surface area is 148 Å². The predicted molar refractivity (Wildman–Crippen MR) is 95.7 cm³/mol. The molecule has 1 aromatic carbocycles. The van der Waals surface area contributed by atoms with Crippen LogP contribution in [0.3, 0.4) is 0 Å². The maximum absolute atomic E-state index is 12.1. The SMILES string of the molecule is COc1ccc(CCC(=O)Nc2cnn(CC3CCOCC3)c2)cc1. The number of rotatable bonds is 7. The number of methoxy groups -OCH3 is 1. The van der Waals surface area contributed by atoms with E-state index in [0.29, 0.717) is 18.8 Å². The lowest BCUT2D eigenvalue weighted by Gasteiger charge is -2.21. The second kappa shape index (κ2) is 8.67. The molecule has 1 aromatic heterocycles. The van der Waals surface area contributed by atoms with Crippen molar-refractivity contribution in [2.45, 2.75) is 32.2 Å². The van der Waals surface area contributed by atoms with E-state index in [2.05, 4.69) is 10.4 Å². The van der Waals surface area contributed by atoms with Gasteiger partial charge in [0.1, 0.15) is 5.75 Å². The van der Waals surface area contributed by atoms with Crippen molar-refractivity contribution in [1.29, 1.82) is 0 Å². The molecule has 1 amide bonds. The van der Waals surface area contributed by atoms with Crippen molar-refractivity contribution in [2.75, 3.05) is 25.6 Å². The lowest BCUT2D eigenvalue weighted by molar-refractivity contribution is -0.116. The van der Waals surface area contributed by atoms with E-state index >= 15 is 0 Å². The topological polar surface area (TPSA) is 65.4 Å². The van der Waals surface area contributed by atoms with Gasteiger partial charge in [0.15, 0.2) is 0 Å². The molecule has 2 aromatic rings. The van der Waals surface area contributed by atoms with Gasteiger partial charge in [0.05, 0.1) is 19.0 Å². The molecule has 0 atom stereocenters. The Morgan fingerprint density at radius 2 is 2.08 bits per heavy atom. The Balaban J connectivity index is 1.44. The molecule has 6 heteroatoms. The molecule has 1 aliphatic heterocycles. The number of carbonyl (C=O) groups is 1. The van der Waals surface area contributed by atoms with Gasteiger partial charge in [-0.25, -0.2) is 0 Å². The summed E-state index contributed by atoms with van der Waals surface area (Å²) in [7, 11) is 1.64. The monoisotopic (exact) mass is 343 g/mol. The molecule has 3 rings (SSSR count). The van der Waals surface area contributed by atoms with E-state index in [4.69, 9.17) is 9.47 Å². The van der Waals surface area contributed by atoms with Crippen LogP contribution >= 0.6 is 0 Å². The molecule has 0 aliphatic carbocycles. The van der Waals surface area contributed by atoms with Crippen molar-refractivity contribution >= 4 is 11.6 Å². The zero-order valence-electron chi connectivity index (χ0n) is 14.6. The number of aryl methyl sites for hydroxylation is 1. The highest BCUT2D eigenvalue weighted by atomic mass is 16.5. The highest BCUT2D eigenvalue weighted by molar-refractivity contribution is 5.90. The Morgan fingerprint density at radius 3 is 2.80 bits per heavy atom. The number of nitrogens with zero attached hydrogens (tertiary/aromatic N) is 2. The van der Waals surface area contributed by atoms with Crippen LogP contribution in [-0.2, 0) is 22.5 Å². The average molecular weight is 343 g/mol. The summed E-state index contributed by atoms with van der Waals surface area (Å²) in [5.74, 6) is 1.43. The number of nitrogens with one attached hydrogen (secondary N) is 1. The third kappa shape index (κ3) is 5.32. The van der Waals surface area contributed by atoms with Crippen molar-refractivity contribution in [2.24, 2.45) is 5.92 Å². The van der Waals surface area contributed by atoms with E-state index in [0.717, 1.165) is 49.6 Å². The minimum Gasteiger partial charge on any atom is -0.497 e. The molecule has 1 N–H and O–H groups in total. The second-order valence-corrected chi connectivity index (χ2v) is 6.40. The van der Waals surface area contributed by atoms with Gasteiger partial charge in [0.25, 0.3) is 0 Å². The van der Waals surface area contributed by atoms with Gasteiger partial charge in [-0.05, 0) is 42.9 Å². The third-order valence-corrected chi connectivity index (χ3v) is 4.50.